The highest BCUT2D eigenvalue weighted by Gasteiger charge is 2.23. The first-order chi connectivity index (χ1) is 9.11. The van der Waals surface area contributed by atoms with Crippen LogP contribution in [-0.4, -0.2) is 32.3 Å². The van der Waals surface area contributed by atoms with Crippen molar-refractivity contribution in [3.63, 3.8) is 0 Å². The lowest BCUT2D eigenvalue weighted by Crippen LogP contribution is -2.27. The lowest BCUT2D eigenvalue weighted by molar-refractivity contribution is 0.0601. The van der Waals surface area contributed by atoms with E-state index in [1.807, 2.05) is 6.92 Å². The van der Waals surface area contributed by atoms with Gasteiger partial charge in [0.15, 0.2) is 0 Å². The number of halogens is 1. The number of carbonyl (C=O) groups excluding carboxylic acids is 1. The average molecular weight is 267 g/mol. The Hall–Kier alpha value is -1.62. The molecule has 1 aromatic rings. The van der Waals surface area contributed by atoms with E-state index in [0.717, 1.165) is 13.0 Å². The first-order valence-corrected chi connectivity index (χ1v) is 6.34. The molecule has 1 aliphatic rings. The average Bonchev–Trinajstić information content (AvgIpc) is 2.94. The molecule has 1 fully saturated rings. The van der Waals surface area contributed by atoms with Crippen molar-refractivity contribution in [1.82, 2.24) is 0 Å². The van der Waals surface area contributed by atoms with Crippen LogP contribution in [0.3, 0.4) is 0 Å². The summed E-state index contributed by atoms with van der Waals surface area (Å²) >= 11 is 0. The summed E-state index contributed by atoms with van der Waals surface area (Å²) in [6.07, 6.45) is 0.989. The highest BCUT2D eigenvalue weighted by atomic mass is 19.1. The molecule has 0 aromatic heterocycles. The fourth-order valence-corrected chi connectivity index (χ4v) is 2.23. The second-order valence-corrected chi connectivity index (χ2v) is 4.74. The molecule has 104 valence electrons. The van der Waals surface area contributed by atoms with Crippen LogP contribution in [0, 0.1) is 11.7 Å². The highest BCUT2D eigenvalue weighted by Crippen LogP contribution is 2.23. The van der Waals surface area contributed by atoms with Gasteiger partial charge in [-0.05, 0) is 31.5 Å². The van der Waals surface area contributed by atoms with Gasteiger partial charge in [-0.25, -0.2) is 9.18 Å². The minimum atomic E-state index is -0.545. The Balaban J connectivity index is 2.16. The van der Waals surface area contributed by atoms with Crippen molar-refractivity contribution in [2.45, 2.75) is 19.4 Å². The van der Waals surface area contributed by atoms with Gasteiger partial charge in [0.25, 0.3) is 0 Å². The molecule has 0 aliphatic carbocycles. The molecule has 2 rings (SSSR count). The molecule has 4 nitrogen and oxygen atoms in total. The summed E-state index contributed by atoms with van der Waals surface area (Å²) in [5.41, 5.74) is 0.806. The van der Waals surface area contributed by atoms with Gasteiger partial charge in [-0.15, -0.1) is 0 Å². The maximum absolute atomic E-state index is 13.2. The topological polar surface area (TPSA) is 47.6 Å². The number of esters is 1. The number of hydrogen-bond donors (Lipinski definition) is 1. The number of rotatable bonds is 4. The lowest BCUT2D eigenvalue weighted by atomic mass is 10.00. The van der Waals surface area contributed by atoms with E-state index >= 15 is 0 Å². The van der Waals surface area contributed by atoms with Crippen LogP contribution in [0.1, 0.15) is 23.7 Å². The Morgan fingerprint density at radius 1 is 1.58 bits per heavy atom. The summed E-state index contributed by atoms with van der Waals surface area (Å²) in [6.45, 7) is 3.51. The number of carbonyl (C=O) groups is 1. The SMILES string of the molecule is COC(=O)c1cc(F)ccc1NC(C)C1CCOC1. The molecule has 0 spiro atoms. The smallest absolute Gasteiger partial charge is 0.340 e. The van der Waals surface area contributed by atoms with E-state index < -0.39 is 11.8 Å². The molecule has 1 aromatic carbocycles. The first kappa shape index (κ1) is 13.8. The maximum atomic E-state index is 13.2. The van der Waals surface area contributed by atoms with Crippen LogP contribution in [-0.2, 0) is 9.47 Å². The lowest BCUT2D eigenvalue weighted by Gasteiger charge is -2.21. The van der Waals surface area contributed by atoms with Gasteiger partial charge < -0.3 is 14.8 Å². The van der Waals surface area contributed by atoms with Crippen molar-refractivity contribution in [2.24, 2.45) is 5.92 Å². The summed E-state index contributed by atoms with van der Waals surface area (Å²) in [6, 6.07) is 4.23. The van der Waals surface area contributed by atoms with Gasteiger partial charge in [0.05, 0.1) is 19.3 Å². The van der Waals surface area contributed by atoms with Crippen LogP contribution in [0.15, 0.2) is 18.2 Å². The zero-order chi connectivity index (χ0) is 13.8. The Bertz CT molecular complexity index is 458. The van der Waals surface area contributed by atoms with Gasteiger partial charge in [-0.2, -0.15) is 0 Å². The van der Waals surface area contributed by atoms with Crippen LogP contribution in [0.2, 0.25) is 0 Å². The normalized spacial score (nSPS) is 20.1. The van der Waals surface area contributed by atoms with Gasteiger partial charge in [0.2, 0.25) is 0 Å². The first-order valence-electron chi connectivity index (χ1n) is 6.34. The van der Waals surface area contributed by atoms with Crippen LogP contribution in [0.4, 0.5) is 10.1 Å². The zero-order valence-electron chi connectivity index (χ0n) is 11.1. The van der Waals surface area contributed by atoms with E-state index in [0.29, 0.717) is 18.2 Å². The molecule has 0 amide bonds. The monoisotopic (exact) mass is 267 g/mol. The zero-order valence-corrected chi connectivity index (χ0v) is 11.1. The third kappa shape index (κ3) is 3.23. The molecule has 1 aliphatic heterocycles. The van der Waals surface area contributed by atoms with Crippen molar-refractivity contribution >= 4 is 11.7 Å². The minimum absolute atomic E-state index is 0.149. The molecule has 0 saturated carbocycles. The molecular formula is C14H18FNO3. The van der Waals surface area contributed by atoms with E-state index in [2.05, 4.69) is 10.1 Å². The Labute approximate surface area is 111 Å². The molecular weight excluding hydrogens is 249 g/mol. The summed E-state index contributed by atoms with van der Waals surface area (Å²) in [5.74, 6) is -0.602. The molecule has 1 heterocycles. The number of methoxy groups -OCH3 is 1. The number of ether oxygens (including phenoxy) is 2. The molecule has 0 bridgehead atoms. The van der Waals surface area contributed by atoms with E-state index in [1.165, 1.54) is 19.2 Å². The number of hydrogen-bond acceptors (Lipinski definition) is 4. The van der Waals surface area contributed by atoms with Crippen LogP contribution in [0.5, 0.6) is 0 Å². The van der Waals surface area contributed by atoms with E-state index in [9.17, 15) is 9.18 Å². The largest absolute Gasteiger partial charge is 0.465 e. The van der Waals surface area contributed by atoms with Crippen molar-refractivity contribution < 1.29 is 18.7 Å². The third-order valence-electron chi connectivity index (χ3n) is 3.44. The Kier molecular flexibility index (Phi) is 4.37. The second-order valence-electron chi connectivity index (χ2n) is 4.74. The Morgan fingerprint density at radius 2 is 2.37 bits per heavy atom. The van der Waals surface area contributed by atoms with Gasteiger partial charge in [0, 0.05) is 24.3 Å². The summed E-state index contributed by atoms with van der Waals surface area (Å²) in [5, 5.41) is 3.25. The van der Waals surface area contributed by atoms with Gasteiger partial charge in [-0.3, -0.25) is 0 Å². The molecule has 2 unspecified atom stereocenters. The molecule has 1 saturated heterocycles. The fraction of sp³-hybridized carbons (Fsp3) is 0.500. The number of benzene rings is 1. The van der Waals surface area contributed by atoms with E-state index in [1.54, 1.807) is 6.07 Å². The van der Waals surface area contributed by atoms with E-state index in [4.69, 9.17) is 4.74 Å². The maximum Gasteiger partial charge on any atom is 0.340 e. The quantitative estimate of drug-likeness (QED) is 0.851. The number of nitrogens with one attached hydrogen (secondary N) is 1. The van der Waals surface area contributed by atoms with Crippen LogP contribution >= 0.6 is 0 Å². The molecule has 1 N–H and O–H groups in total. The number of anilines is 1. The second kappa shape index (κ2) is 6.02. The Morgan fingerprint density at radius 3 is 3.00 bits per heavy atom. The minimum Gasteiger partial charge on any atom is -0.465 e. The van der Waals surface area contributed by atoms with Crippen molar-refractivity contribution in [1.29, 1.82) is 0 Å². The summed E-state index contributed by atoms with van der Waals surface area (Å²) < 4.78 is 23.2. The molecule has 2 atom stereocenters. The van der Waals surface area contributed by atoms with Crippen molar-refractivity contribution in [3.05, 3.63) is 29.6 Å². The summed E-state index contributed by atoms with van der Waals surface area (Å²) in [7, 11) is 1.28. The van der Waals surface area contributed by atoms with E-state index in [-0.39, 0.29) is 11.6 Å². The molecule has 19 heavy (non-hydrogen) atoms. The predicted octanol–water partition coefficient (Wildman–Crippen LogP) is 2.45. The van der Waals surface area contributed by atoms with Crippen molar-refractivity contribution in [2.75, 3.05) is 25.6 Å². The third-order valence-corrected chi connectivity index (χ3v) is 3.44. The molecule has 0 radical (unpaired) electrons. The van der Waals surface area contributed by atoms with Crippen molar-refractivity contribution in [3.8, 4) is 0 Å². The van der Waals surface area contributed by atoms with Gasteiger partial charge >= 0.3 is 5.97 Å². The molecule has 5 heteroatoms. The standard InChI is InChI=1S/C14H18FNO3/c1-9(10-5-6-19-8-10)16-13-4-3-11(15)7-12(13)14(17)18-2/h3-4,7,9-10,16H,5-6,8H2,1-2H3. The van der Waals surface area contributed by atoms with Gasteiger partial charge in [0.1, 0.15) is 5.82 Å². The predicted molar refractivity (Wildman–Crippen MR) is 69.8 cm³/mol. The summed E-state index contributed by atoms with van der Waals surface area (Å²) in [4.78, 5) is 11.6. The van der Waals surface area contributed by atoms with Crippen LogP contribution < -0.4 is 5.32 Å². The van der Waals surface area contributed by atoms with Crippen LogP contribution in [0.25, 0.3) is 0 Å². The van der Waals surface area contributed by atoms with Gasteiger partial charge in [-0.1, -0.05) is 0 Å². The fourth-order valence-electron chi connectivity index (χ4n) is 2.23. The highest BCUT2D eigenvalue weighted by molar-refractivity contribution is 5.95.